The van der Waals surface area contributed by atoms with Gasteiger partial charge in [-0.25, -0.2) is 0 Å². The maximum atomic E-state index is 9.70. The van der Waals surface area contributed by atoms with Crippen molar-refractivity contribution >= 4 is 28.2 Å². The Labute approximate surface area is 230 Å². The number of nitrogens with one attached hydrogen (secondary N) is 1. The SMILES string of the molecule is CCc1cc(C#N)cc2c(NCc3ccc(OC)c(Cl)c3)c(COCC3CCCN3C3CCCC3)cnc12. The Bertz CT molecular complexity index is 1320. The topological polar surface area (TPSA) is 70.4 Å². The molecular formula is C31H37ClN4O2. The fourth-order valence-electron chi connectivity index (χ4n) is 6.14. The molecule has 1 unspecified atom stereocenters. The quantitative estimate of drug-likeness (QED) is 0.307. The number of nitrogens with zero attached hydrogens (tertiary/aromatic N) is 3. The number of anilines is 1. The van der Waals surface area contributed by atoms with Crippen LogP contribution in [0.25, 0.3) is 10.9 Å². The van der Waals surface area contributed by atoms with Crippen molar-refractivity contribution in [3.8, 4) is 11.8 Å². The second-order valence-electron chi connectivity index (χ2n) is 10.5. The van der Waals surface area contributed by atoms with Crippen LogP contribution in [0.15, 0.2) is 36.5 Å². The van der Waals surface area contributed by atoms with Gasteiger partial charge in [0.1, 0.15) is 5.75 Å². The molecule has 1 atom stereocenters. The molecule has 0 bridgehead atoms. The van der Waals surface area contributed by atoms with Crippen LogP contribution in [0.5, 0.6) is 5.75 Å². The number of halogens is 1. The molecule has 0 radical (unpaired) electrons. The lowest BCUT2D eigenvalue weighted by Crippen LogP contribution is -2.39. The summed E-state index contributed by atoms with van der Waals surface area (Å²) >= 11 is 6.38. The van der Waals surface area contributed by atoms with Gasteiger partial charge in [-0.2, -0.15) is 5.26 Å². The van der Waals surface area contributed by atoms with Crippen LogP contribution < -0.4 is 10.1 Å². The Morgan fingerprint density at radius 3 is 2.71 bits per heavy atom. The fourth-order valence-corrected chi connectivity index (χ4v) is 6.42. The van der Waals surface area contributed by atoms with Crippen molar-refractivity contribution in [3.63, 3.8) is 0 Å². The summed E-state index contributed by atoms with van der Waals surface area (Å²) in [4.78, 5) is 7.53. The van der Waals surface area contributed by atoms with Gasteiger partial charge in [0.15, 0.2) is 0 Å². The maximum absolute atomic E-state index is 9.70. The molecule has 2 fully saturated rings. The first-order valence-electron chi connectivity index (χ1n) is 13.9. The number of benzene rings is 2. The molecule has 7 heteroatoms. The highest BCUT2D eigenvalue weighted by Gasteiger charge is 2.32. The van der Waals surface area contributed by atoms with Gasteiger partial charge in [-0.05, 0) is 74.0 Å². The lowest BCUT2D eigenvalue weighted by atomic mass is 10.0. The lowest BCUT2D eigenvalue weighted by molar-refractivity contribution is 0.0518. The summed E-state index contributed by atoms with van der Waals surface area (Å²) in [5.41, 5.74) is 5.64. The monoisotopic (exact) mass is 532 g/mol. The summed E-state index contributed by atoms with van der Waals surface area (Å²) < 4.78 is 11.7. The average molecular weight is 533 g/mol. The minimum absolute atomic E-state index is 0.474. The molecule has 5 rings (SSSR count). The van der Waals surface area contributed by atoms with Crippen LogP contribution in [-0.2, 0) is 24.3 Å². The Morgan fingerprint density at radius 1 is 1.13 bits per heavy atom. The zero-order valence-electron chi connectivity index (χ0n) is 22.4. The van der Waals surface area contributed by atoms with Crippen LogP contribution in [0.2, 0.25) is 5.02 Å². The number of aryl methyl sites for hydroxylation is 1. The molecule has 0 amide bonds. The lowest BCUT2D eigenvalue weighted by Gasteiger charge is -2.30. The van der Waals surface area contributed by atoms with Crippen LogP contribution in [-0.4, -0.2) is 42.2 Å². The van der Waals surface area contributed by atoms with Gasteiger partial charge < -0.3 is 14.8 Å². The van der Waals surface area contributed by atoms with E-state index in [0.717, 1.165) is 52.4 Å². The summed E-state index contributed by atoms with van der Waals surface area (Å²) in [6, 6.07) is 13.2. The number of fused-ring (bicyclic) bond motifs is 1. The Balaban J connectivity index is 1.39. The summed E-state index contributed by atoms with van der Waals surface area (Å²) in [5, 5.41) is 14.9. The average Bonchev–Trinajstić information content (AvgIpc) is 3.64. The number of hydrogen-bond donors (Lipinski definition) is 1. The van der Waals surface area contributed by atoms with Crippen LogP contribution in [0.3, 0.4) is 0 Å². The van der Waals surface area contributed by atoms with Gasteiger partial charge in [-0.3, -0.25) is 9.88 Å². The number of hydrogen-bond acceptors (Lipinski definition) is 6. The van der Waals surface area contributed by atoms with Crippen molar-refractivity contribution in [1.82, 2.24) is 9.88 Å². The van der Waals surface area contributed by atoms with Crippen LogP contribution in [0.1, 0.15) is 67.7 Å². The first-order chi connectivity index (χ1) is 18.6. The van der Waals surface area contributed by atoms with E-state index in [1.54, 1.807) is 7.11 Å². The number of aromatic nitrogens is 1. The van der Waals surface area contributed by atoms with Crippen molar-refractivity contribution in [2.75, 3.05) is 25.6 Å². The first-order valence-corrected chi connectivity index (χ1v) is 14.2. The summed E-state index contributed by atoms with van der Waals surface area (Å²) in [5.74, 6) is 0.656. The molecule has 1 aliphatic carbocycles. The molecular weight excluding hydrogens is 496 g/mol. The highest BCUT2D eigenvalue weighted by Crippen LogP contribution is 2.33. The molecule has 1 saturated carbocycles. The molecule has 0 spiro atoms. The van der Waals surface area contributed by atoms with E-state index >= 15 is 0 Å². The van der Waals surface area contributed by atoms with E-state index in [1.165, 1.54) is 45.1 Å². The molecule has 1 aromatic heterocycles. The molecule has 2 aromatic carbocycles. The van der Waals surface area contributed by atoms with Gasteiger partial charge in [-0.15, -0.1) is 0 Å². The normalized spacial score (nSPS) is 18.2. The van der Waals surface area contributed by atoms with Crippen LogP contribution >= 0.6 is 11.6 Å². The second kappa shape index (κ2) is 12.3. The Morgan fingerprint density at radius 2 is 1.97 bits per heavy atom. The standard InChI is InChI=1S/C31H37ClN4O2/c1-3-23-13-22(16-33)14-27-30(23)35-18-24(31(27)34-17-21-10-11-29(37-2)28(32)15-21)19-38-20-26-9-6-12-36(26)25-7-4-5-8-25/h10-11,13-15,18,25-26H,3-9,12,17,19-20H2,1-2H3,(H,34,35). The molecule has 1 N–H and O–H groups in total. The zero-order chi connectivity index (χ0) is 26.5. The highest BCUT2D eigenvalue weighted by atomic mass is 35.5. The minimum atomic E-state index is 0.474. The van der Waals surface area contributed by atoms with Gasteiger partial charge in [0.2, 0.25) is 0 Å². The number of methoxy groups -OCH3 is 1. The molecule has 3 aromatic rings. The smallest absolute Gasteiger partial charge is 0.137 e. The van der Waals surface area contributed by atoms with Crippen molar-refractivity contribution in [2.24, 2.45) is 0 Å². The largest absolute Gasteiger partial charge is 0.495 e. The second-order valence-corrected chi connectivity index (χ2v) is 10.9. The zero-order valence-corrected chi connectivity index (χ0v) is 23.2. The summed E-state index contributed by atoms with van der Waals surface area (Å²) in [6.07, 6.45) is 10.6. The fraction of sp³-hybridized carbons (Fsp3) is 0.484. The van der Waals surface area contributed by atoms with E-state index < -0.39 is 0 Å². The number of ether oxygens (including phenoxy) is 2. The van der Waals surface area contributed by atoms with E-state index in [9.17, 15) is 5.26 Å². The summed E-state index contributed by atoms with van der Waals surface area (Å²) in [6.45, 7) is 5.08. The molecule has 6 nitrogen and oxygen atoms in total. The van der Waals surface area contributed by atoms with Gasteiger partial charge in [0, 0.05) is 35.8 Å². The Hall–Kier alpha value is -2.85. The third kappa shape index (κ3) is 5.76. The molecule has 38 heavy (non-hydrogen) atoms. The third-order valence-corrected chi connectivity index (χ3v) is 8.40. The third-order valence-electron chi connectivity index (χ3n) is 8.11. The van der Waals surface area contributed by atoms with Gasteiger partial charge >= 0.3 is 0 Å². The van der Waals surface area contributed by atoms with Gasteiger partial charge in [0.05, 0.1) is 48.2 Å². The van der Waals surface area contributed by atoms with Crippen molar-refractivity contribution in [1.29, 1.82) is 5.26 Å². The maximum Gasteiger partial charge on any atom is 0.137 e. The number of rotatable bonds is 10. The predicted molar refractivity (Wildman–Crippen MR) is 153 cm³/mol. The van der Waals surface area contributed by atoms with Crippen molar-refractivity contribution < 1.29 is 9.47 Å². The van der Waals surface area contributed by atoms with Crippen LogP contribution in [0, 0.1) is 11.3 Å². The summed E-state index contributed by atoms with van der Waals surface area (Å²) in [7, 11) is 1.62. The van der Waals surface area contributed by atoms with E-state index in [2.05, 4.69) is 23.2 Å². The van der Waals surface area contributed by atoms with E-state index in [1.807, 2.05) is 36.5 Å². The van der Waals surface area contributed by atoms with E-state index in [0.29, 0.717) is 35.5 Å². The number of nitriles is 1. The molecule has 2 heterocycles. The van der Waals surface area contributed by atoms with E-state index in [4.69, 9.17) is 26.1 Å². The van der Waals surface area contributed by atoms with Gasteiger partial charge in [-0.1, -0.05) is 37.4 Å². The number of likely N-dealkylation sites (tertiary alicyclic amines) is 1. The minimum Gasteiger partial charge on any atom is -0.495 e. The van der Waals surface area contributed by atoms with Crippen LogP contribution in [0.4, 0.5) is 5.69 Å². The molecule has 200 valence electrons. The van der Waals surface area contributed by atoms with Crippen molar-refractivity contribution in [2.45, 2.75) is 77.1 Å². The Kier molecular flexibility index (Phi) is 8.68. The molecule has 1 saturated heterocycles. The number of pyridine rings is 1. The van der Waals surface area contributed by atoms with Gasteiger partial charge in [0.25, 0.3) is 0 Å². The van der Waals surface area contributed by atoms with Crippen molar-refractivity contribution in [3.05, 3.63) is 63.8 Å². The molecule has 2 aliphatic rings. The highest BCUT2D eigenvalue weighted by molar-refractivity contribution is 6.32. The molecule has 1 aliphatic heterocycles. The predicted octanol–water partition coefficient (Wildman–Crippen LogP) is 6.87. The first kappa shape index (κ1) is 26.7. The van der Waals surface area contributed by atoms with E-state index in [-0.39, 0.29) is 0 Å².